The van der Waals surface area contributed by atoms with E-state index >= 15 is 0 Å². The Morgan fingerprint density at radius 2 is 2.05 bits per heavy atom. The summed E-state index contributed by atoms with van der Waals surface area (Å²) >= 11 is 3.30. The second-order valence-electron chi connectivity index (χ2n) is 4.53. The summed E-state index contributed by atoms with van der Waals surface area (Å²) < 4.78 is 24.9. The van der Waals surface area contributed by atoms with E-state index in [9.17, 15) is 13.2 Å². The lowest BCUT2D eigenvalue weighted by molar-refractivity contribution is 0.102. The second-order valence-corrected chi connectivity index (χ2v) is 6.98. The zero-order valence-corrected chi connectivity index (χ0v) is 13.7. The lowest BCUT2D eigenvalue weighted by Gasteiger charge is -2.05. The number of sulfonamides is 1. The molecule has 0 saturated carbocycles. The molecule has 1 aromatic carbocycles. The molecule has 0 spiro atoms. The molecule has 112 valence electrons. The largest absolute Gasteiger partial charge is 0.304 e. The summed E-state index contributed by atoms with van der Waals surface area (Å²) in [5.74, 6) is -0.564. The van der Waals surface area contributed by atoms with Gasteiger partial charge >= 0.3 is 0 Å². The van der Waals surface area contributed by atoms with Crippen molar-refractivity contribution in [2.45, 2.75) is 11.8 Å². The SMILES string of the molecule is Cc1cc(Br)cc(C(=O)Nc2nn(C)cc2S(N)(=O)=O)c1. The number of nitrogens with two attached hydrogens (primary N) is 1. The van der Waals surface area contributed by atoms with Crippen molar-refractivity contribution in [3.8, 4) is 0 Å². The number of rotatable bonds is 3. The minimum absolute atomic E-state index is 0.0948. The number of amides is 1. The number of nitrogens with one attached hydrogen (secondary N) is 1. The van der Waals surface area contributed by atoms with Crippen LogP contribution in [-0.4, -0.2) is 24.1 Å². The molecular formula is C12H13BrN4O3S. The van der Waals surface area contributed by atoms with Gasteiger partial charge in [0.1, 0.15) is 4.90 Å². The normalized spacial score (nSPS) is 11.4. The summed E-state index contributed by atoms with van der Waals surface area (Å²) in [5.41, 5.74) is 1.27. The highest BCUT2D eigenvalue weighted by Gasteiger charge is 2.20. The summed E-state index contributed by atoms with van der Waals surface area (Å²) in [6, 6.07) is 5.16. The fourth-order valence-corrected chi connectivity index (χ4v) is 3.08. The van der Waals surface area contributed by atoms with E-state index in [1.807, 2.05) is 13.0 Å². The number of aromatic nitrogens is 2. The first-order chi connectivity index (χ1) is 9.66. The van der Waals surface area contributed by atoms with Crippen LogP contribution >= 0.6 is 15.9 Å². The van der Waals surface area contributed by atoms with Gasteiger partial charge in [-0.2, -0.15) is 5.10 Å². The molecule has 1 aromatic heterocycles. The van der Waals surface area contributed by atoms with E-state index in [2.05, 4.69) is 26.3 Å². The van der Waals surface area contributed by atoms with Crippen LogP contribution in [0, 0.1) is 6.92 Å². The molecule has 0 saturated heterocycles. The third kappa shape index (κ3) is 3.69. The van der Waals surface area contributed by atoms with E-state index in [-0.39, 0.29) is 10.7 Å². The summed E-state index contributed by atoms with van der Waals surface area (Å²) in [6.07, 6.45) is 1.23. The highest BCUT2D eigenvalue weighted by molar-refractivity contribution is 9.10. The number of carbonyl (C=O) groups is 1. The maximum Gasteiger partial charge on any atom is 0.256 e. The first-order valence-corrected chi connectivity index (χ1v) is 8.16. The highest BCUT2D eigenvalue weighted by atomic mass is 79.9. The predicted octanol–water partition coefficient (Wildman–Crippen LogP) is 1.39. The maximum atomic E-state index is 12.2. The smallest absolute Gasteiger partial charge is 0.256 e. The van der Waals surface area contributed by atoms with Gasteiger partial charge in [0.2, 0.25) is 10.0 Å². The van der Waals surface area contributed by atoms with Gasteiger partial charge < -0.3 is 5.32 Å². The fraction of sp³-hybridized carbons (Fsp3) is 0.167. The Morgan fingerprint density at radius 3 is 2.62 bits per heavy atom. The van der Waals surface area contributed by atoms with E-state index in [1.165, 1.54) is 17.9 Å². The number of hydrogen-bond donors (Lipinski definition) is 2. The van der Waals surface area contributed by atoms with Gasteiger partial charge in [0.15, 0.2) is 5.82 Å². The van der Waals surface area contributed by atoms with E-state index in [0.717, 1.165) is 10.0 Å². The number of halogens is 1. The molecule has 2 aromatic rings. The van der Waals surface area contributed by atoms with Crippen molar-refractivity contribution in [2.24, 2.45) is 12.2 Å². The first kappa shape index (κ1) is 15.7. The molecule has 0 aliphatic carbocycles. The molecule has 0 aliphatic heterocycles. The van der Waals surface area contributed by atoms with Crippen molar-refractivity contribution < 1.29 is 13.2 Å². The van der Waals surface area contributed by atoms with Crippen molar-refractivity contribution in [1.82, 2.24) is 9.78 Å². The molecule has 0 fully saturated rings. The van der Waals surface area contributed by atoms with Crippen molar-refractivity contribution in [2.75, 3.05) is 5.32 Å². The number of primary sulfonamides is 1. The molecule has 0 aliphatic rings. The number of nitrogens with zero attached hydrogens (tertiary/aromatic N) is 2. The van der Waals surface area contributed by atoms with Crippen molar-refractivity contribution in [3.63, 3.8) is 0 Å². The first-order valence-electron chi connectivity index (χ1n) is 5.82. The molecule has 0 bridgehead atoms. The van der Waals surface area contributed by atoms with E-state index in [0.29, 0.717) is 5.56 Å². The van der Waals surface area contributed by atoms with Gasteiger partial charge in [-0.15, -0.1) is 0 Å². The van der Waals surface area contributed by atoms with Crippen LogP contribution in [0.1, 0.15) is 15.9 Å². The van der Waals surface area contributed by atoms with Crippen LogP contribution in [0.25, 0.3) is 0 Å². The standard InChI is InChI=1S/C12H13BrN4O3S/c1-7-3-8(5-9(13)4-7)12(18)15-11-10(21(14,19)20)6-17(2)16-11/h3-6H,1-2H3,(H2,14,19,20)(H,15,16,18). The Morgan fingerprint density at radius 1 is 1.38 bits per heavy atom. The van der Waals surface area contributed by atoms with Crippen LogP contribution in [0.5, 0.6) is 0 Å². The van der Waals surface area contributed by atoms with Crippen LogP contribution in [0.3, 0.4) is 0 Å². The van der Waals surface area contributed by atoms with Gasteiger partial charge in [-0.05, 0) is 30.7 Å². The van der Waals surface area contributed by atoms with Crippen LogP contribution < -0.4 is 10.5 Å². The summed E-state index contributed by atoms with van der Waals surface area (Å²) in [6.45, 7) is 1.85. The molecule has 0 atom stereocenters. The minimum atomic E-state index is -3.96. The zero-order valence-electron chi connectivity index (χ0n) is 11.3. The topological polar surface area (TPSA) is 107 Å². The average molecular weight is 373 g/mol. The van der Waals surface area contributed by atoms with Gasteiger partial charge in [-0.25, -0.2) is 13.6 Å². The lowest BCUT2D eigenvalue weighted by Crippen LogP contribution is -2.18. The van der Waals surface area contributed by atoms with Crippen molar-refractivity contribution in [1.29, 1.82) is 0 Å². The third-order valence-corrected chi connectivity index (χ3v) is 4.01. The quantitative estimate of drug-likeness (QED) is 0.848. The summed E-state index contributed by atoms with van der Waals surface area (Å²) in [5, 5.41) is 11.5. The Balaban J connectivity index is 2.36. The molecule has 1 heterocycles. The number of benzene rings is 1. The molecular weight excluding hydrogens is 360 g/mol. The van der Waals surface area contributed by atoms with Crippen LogP contribution in [-0.2, 0) is 17.1 Å². The lowest BCUT2D eigenvalue weighted by atomic mass is 10.1. The minimum Gasteiger partial charge on any atom is -0.304 e. The van der Waals surface area contributed by atoms with Crippen LogP contribution in [0.4, 0.5) is 5.82 Å². The van der Waals surface area contributed by atoms with Gasteiger partial charge in [0.25, 0.3) is 5.91 Å². The maximum absolute atomic E-state index is 12.2. The van der Waals surface area contributed by atoms with Crippen LogP contribution in [0.15, 0.2) is 33.8 Å². The van der Waals surface area contributed by atoms with Gasteiger partial charge in [0.05, 0.1) is 0 Å². The number of aryl methyl sites for hydroxylation is 2. The second kappa shape index (κ2) is 5.58. The van der Waals surface area contributed by atoms with E-state index < -0.39 is 15.9 Å². The average Bonchev–Trinajstić information content (AvgIpc) is 2.68. The Hall–Kier alpha value is -1.71. The number of carbonyl (C=O) groups excluding carboxylic acids is 1. The van der Waals surface area contributed by atoms with Crippen LogP contribution in [0.2, 0.25) is 0 Å². The molecule has 0 radical (unpaired) electrons. The number of hydrogen-bond acceptors (Lipinski definition) is 4. The molecule has 2 rings (SSSR count). The molecule has 9 heteroatoms. The zero-order chi connectivity index (χ0) is 15.8. The predicted molar refractivity (Wildman–Crippen MR) is 81.4 cm³/mol. The Labute approximate surface area is 130 Å². The summed E-state index contributed by atoms with van der Waals surface area (Å²) in [7, 11) is -2.43. The van der Waals surface area contributed by atoms with Crippen molar-refractivity contribution >= 4 is 37.7 Å². The van der Waals surface area contributed by atoms with E-state index in [4.69, 9.17) is 5.14 Å². The van der Waals surface area contributed by atoms with Gasteiger partial charge in [0, 0.05) is 23.3 Å². The van der Waals surface area contributed by atoms with Gasteiger partial charge in [-0.3, -0.25) is 9.48 Å². The van der Waals surface area contributed by atoms with Gasteiger partial charge in [-0.1, -0.05) is 15.9 Å². The molecule has 1 amide bonds. The third-order valence-electron chi connectivity index (χ3n) is 2.64. The fourth-order valence-electron chi connectivity index (χ4n) is 1.81. The number of anilines is 1. The summed E-state index contributed by atoms with van der Waals surface area (Å²) in [4.78, 5) is 12.0. The molecule has 7 nitrogen and oxygen atoms in total. The molecule has 0 unspecified atom stereocenters. The molecule has 21 heavy (non-hydrogen) atoms. The Bertz CT molecular complexity index is 794. The molecule has 3 N–H and O–H groups in total. The highest BCUT2D eigenvalue weighted by Crippen LogP contribution is 2.20. The Kier molecular flexibility index (Phi) is 4.17. The van der Waals surface area contributed by atoms with E-state index in [1.54, 1.807) is 12.1 Å². The monoisotopic (exact) mass is 372 g/mol. The van der Waals surface area contributed by atoms with Crippen molar-refractivity contribution in [3.05, 3.63) is 40.0 Å².